The molecule has 1 heterocycles. The van der Waals surface area contributed by atoms with Crippen LogP contribution in [0.25, 0.3) is 0 Å². The van der Waals surface area contributed by atoms with Crippen LogP contribution in [0.1, 0.15) is 22.8 Å². The highest BCUT2D eigenvalue weighted by Crippen LogP contribution is 2.26. The fourth-order valence-corrected chi connectivity index (χ4v) is 2.64. The van der Waals surface area contributed by atoms with Crippen molar-refractivity contribution in [3.63, 3.8) is 0 Å². The Labute approximate surface area is 128 Å². The van der Waals surface area contributed by atoms with Gasteiger partial charge in [0.1, 0.15) is 0 Å². The van der Waals surface area contributed by atoms with Gasteiger partial charge in [0.2, 0.25) is 5.91 Å². The van der Waals surface area contributed by atoms with E-state index in [1.807, 2.05) is 44.2 Å². The SMILES string of the molecule is CC1=CC(=O)NC2=CC(=NC(=O)c3ccccc3C)C=CC12. The lowest BCUT2D eigenvalue weighted by atomic mass is 9.89. The molecule has 1 aromatic rings. The van der Waals surface area contributed by atoms with Crippen LogP contribution >= 0.6 is 0 Å². The van der Waals surface area contributed by atoms with E-state index in [2.05, 4.69) is 10.3 Å². The predicted molar refractivity (Wildman–Crippen MR) is 85.6 cm³/mol. The van der Waals surface area contributed by atoms with E-state index in [9.17, 15) is 9.59 Å². The number of fused-ring (bicyclic) bond motifs is 1. The molecule has 2 amide bonds. The van der Waals surface area contributed by atoms with E-state index in [4.69, 9.17) is 0 Å². The molecule has 1 aromatic carbocycles. The molecule has 0 radical (unpaired) electrons. The number of nitrogens with one attached hydrogen (secondary N) is 1. The highest BCUT2D eigenvalue weighted by atomic mass is 16.2. The van der Waals surface area contributed by atoms with E-state index in [0.29, 0.717) is 11.3 Å². The Hall–Kier alpha value is -2.75. The first kappa shape index (κ1) is 14.2. The van der Waals surface area contributed by atoms with E-state index in [1.54, 1.807) is 18.2 Å². The van der Waals surface area contributed by atoms with Gasteiger partial charge in [0.15, 0.2) is 0 Å². The number of hydrogen-bond donors (Lipinski definition) is 1. The van der Waals surface area contributed by atoms with Crippen molar-refractivity contribution in [2.45, 2.75) is 13.8 Å². The fourth-order valence-electron chi connectivity index (χ4n) is 2.64. The van der Waals surface area contributed by atoms with Crippen LogP contribution in [0.2, 0.25) is 0 Å². The molecule has 0 fully saturated rings. The fraction of sp³-hybridized carbons (Fsp3) is 0.167. The zero-order valence-electron chi connectivity index (χ0n) is 12.5. The highest BCUT2D eigenvalue weighted by Gasteiger charge is 2.24. The standard InChI is InChI=1S/C18H16N2O2/c1-11-5-3-4-6-15(11)18(22)19-13-7-8-14-12(2)9-17(21)20-16(14)10-13/h3-10,14H,1-2H3,(H,20,21). The molecular formula is C18H16N2O2. The van der Waals surface area contributed by atoms with Crippen LogP contribution in [0.5, 0.6) is 0 Å². The molecule has 1 aliphatic carbocycles. The molecule has 3 rings (SSSR count). The summed E-state index contributed by atoms with van der Waals surface area (Å²) in [6, 6.07) is 7.35. The van der Waals surface area contributed by atoms with Crippen molar-refractivity contribution >= 4 is 17.5 Å². The molecule has 1 aliphatic heterocycles. The molecule has 0 bridgehead atoms. The maximum absolute atomic E-state index is 12.3. The summed E-state index contributed by atoms with van der Waals surface area (Å²) >= 11 is 0. The van der Waals surface area contributed by atoms with Crippen LogP contribution < -0.4 is 5.32 Å². The van der Waals surface area contributed by atoms with Crippen LogP contribution in [0, 0.1) is 12.8 Å². The van der Waals surface area contributed by atoms with Crippen molar-refractivity contribution in [3.8, 4) is 0 Å². The lowest BCUT2D eigenvalue weighted by molar-refractivity contribution is -0.116. The number of benzene rings is 1. The molecule has 0 aromatic heterocycles. The number of allylic oxidation sites excluding steroid dienone is 3. The third-order valence-electron chi connectivity index (χ3n) is 3.82. The van der Waals surface area contributed by atoms with Crippen LogP contribution in [-0.2, 0) is 4.79 Å². The minimum absolute atomic E-state index is 0.0604. The summed E-state index contributed by atoms with van der Waals surface area (Å²) in [5, 5.41) is 2.81. The number of hydrogen-bond acceptors (Lipinski definition) is 2. The summed E-state index contributed by atoms with van der Waals surface area (Å²) in [4.78, 5) is 28.0. The molecule has 0 spiro atoms. The molecule has 4 heteroatoms. The molecule has 1 atom stereocenters. The van der Waals surface area contributed by atoms with Gasteiger partial charge in [0.25, 0.3) is 5.91 Å². The number of aliphatic imine (C=N–C) groups is 1. The Bertz CT molecular complexity index is 782. The van der Waals surface area contributed by atoms with Crippen molar-refractivity contribution in [1.29, 1.82) is 0 Å². The first-order chi connectivity index (χ1) is 10.5. The summed E-state index contributed by atoms with van der Waals surface area (Å²) in [5.74, 6) is -0.354. The molecule has 1 N–H and O–H groups in total. The van der Waals surface area contributed by atoms with E-state index in [-0.39, 0.29) is 17.7 Å². The molecule has 1 unspecified atom stereocenters. The molecule has 0 saturated heterocycles. The largest absolute Gasteiger partial charge is 0.325 e. The van der Waals surface area contributed by atoms with Gasteiger partial charge in [0.05, 0.1) is 5.71 Å². The zero-order chi connectivity index (χ0) is 15.7. The van der Waals surface area contributed by atoms with E-state index >= 15 is 0 Å². The summed E-state index contributed by atoms with van der Waals surface area (Å²) in [5.41, 5.74) is 3.79. The van der Waals surface area contributed by atoms with Gasteiger partial charge in [-0.05, 0) is 37.6 Å². The first-order valence-corrected chi connectivity index (χ1v) is 7.12. The van der Waals surface area contributed by atoms with Crippen molar-refractivity contribution in [2.75, 3.05) is 0 Å². The van der Waals surface area contributed by atoms with Gasteiger partial charge in [-0.1, -0.05) is 29.8 Å². The highest BCUT2D eigenvalue weighted by molar-refractivity contribution is 6.14. The summed E-state index contributed by atoms with van der Waals surface area (Å²) < 4.78 is 0. The van der Waals surface area contributed by atoms with E-state index < -0.39 is 0 Å². The van der Waals surface area contributed by atoms with Crippen molar-refractivity contribution < 1.29 is 9.59 Å². The van der Waals surface area contributed by atoms with Gasteiger partial charge in [-0.25, -0.2) is 4.99 Å². The third kappa shape index (κ3) is 2.68. The molecule has 2 aliphatic rings. The molecule has 22 heavy (non-hydrogen) atoms. The summed E-state index contributed by atoms with van der Waals surface area (Å²) in [7, 11) is 0. The predicted octanol–water partition coefficient (Wildman–Crippen LogP) is 2.72. The minimum atomic E-state index is -0.276. The van der Waals surface area contributed by atoms with Crippen molar-refractivity contribution in [2.24, 2.45) is 10.9 Å². The number of rotatable bonds is 1. The van der Waals surface area contributed by atoms with E-state index in [1.165, 1.54) is 0 Å². The van der Waals surface area contributed by atoms with Gasteiger partial charge in [-0.15, -0.1) is 0 Å². The Morgan fingerprint density at radius 3 is 2.73 bits per heavy atom. The lowest BCUT2D eigenvalue weighted by Gasteiger charge is -2.25. The number of carbonyl (C=O) groups is 2. The van der Waals surface area contributed by atoms with Crippen molar-refractivity contribution in [3.05, 3.63) is 71.0 Å². The molecular weight excluding hydrogens is 276 g/mol. The van der Waals surface area contributed by atoms with E-state index in [0.717, 1.165) is 16.8 Å². The van der Waals surface area contributed by atoms with Gasteiger partial charge in [-0.3, -0.25) is 9.59 Å². The average Bonchev–Trinajstić information content (AvgIpc) is 2.47. The van der Waals surface area contributed by atoms with Gasteiger partial charge in [-0.2, -0.15) is 0 Å². The molecule has 0 saturated carbocycles. The maximum Gasteiger partial charge on any atom is 0.277 e. The lowest BCUT2D eigenvalue weighted by Crippen LogP contribution is -2.32. The third-order valence-corrected chi connectivity index (χ3v) is 3.82. The summed E-state index contributed by atoms with van der Waals surface area (Å²) in [6.07, 6.45) is 7.12. The van der Waals surface area contributed by atoms with Crippen LogP contribution in [-0.4, -0.2) is 17.5 Å². The topological polar surface area (TPSA) is 58.5 Å². The second-order valence-corrected chi connectivity index (χ2v) is 5.47. The Morgan fingerprint density at radius 1 is 1.18 bits per heavy atom. The zero-order valence-corrected chi connectivity index (χ0v) is 12.5. The van der Waals surface area contributed by atoms with Gasteiger partial charge >= 0.3 is 0 Å². The second kappa shape index (κ2) is 5.56. The van der Waals surface area contributed by atoms with Gasteiger partial charge < -0.3 is 5.32 Å². The molecule has 4 nitrogen and oxygen atoms in total. The Kier molecular flexibility index (Phi) is 3.59. The van der Waals surface area contributed by atoms with Crippen LogP contribution in [0.4, 0.5) is 0 Å². The molecule has 110 valence electrons. The smallest absolute Gasteiger partial charge is 0.277 e. The monoisotopic (exact) mass is 292 g/mol. The number of carbonyl (C=O) groups excluding carboxylic acids is 2. The van der Waals surface area contributed by atoms with Crippen LogP contribution in [0.15, 0.2) is 64.8 Å². The number of aryl methyl sites for hydroxylation is 1. The minimum Gasteiger partial charge on any atom is -0.325 e. The van der Waals surface area contributed by atoms with Crippen molar-refractivity contribution in [1.82, 2.24) is 5.32 Å². The number of amides is 2. The normalized spacial score (nSPS) is 21.8. The summed E-state index contributed by atoms with van der Waals surface area (Å²) in [6.45, 7) is 3.80. The quantitative estimate of drug-likeness (QED) is 0.865. The first-order valence-electron chi connectivity index (χ1n) is 7.12. The average molecular weight is 292 g/mol. The second-order valence-electron chi connectivity index (χ2n) is 5.47. The Balaban J connectivity index is 1.90. The Morgan fingerprint density at radius 2 is 1.95 bits per heavy atom. The maximum atomic E-state index is 12.3. The van der Waals surface area contributed by atoms with Gasteiger partial charge in [0, 0.05) is 23.3 Å². The van der Waals surface area contributed by atoms with Crippen LogP contribution in [0.3, 0.4) is 0 Å². The number of nitrogens with zero attached hydrogens (tertiary/aromatic N) is 1.